The molecule has 0 fully saturated rings. The largest absolute Gasteiger partial charge is 0.497 e. The molecule has 0 aliphatic carbocycles. The standard InChI is InChI=1S/C22H21BrN2O5S/c1-29-16-11-13-17(14-12-16)31(27,28)25(20-9-5-6-10-21(20)30-2)15-22(26)24-19-8-4-3-7-18(19)23/h3-14H,15H2,1-2H3,(H,24,26). The number of carbonyl (C=O) groups is 1. The van der Waals surface area contributed by atoms with E-state index in [0.717, 1.165) is 4.31 Å². The Labute approximate surface area is 189 Å². The molecule has 0 unspecified atom stereocenters. The molecule has 0 bridgehead atoms. The van der Waals surface area contributed by atoms with Crippen molar-refractivity contribution in [1.82, 2.24) is 0 Å². The summed E-state index contributed by atoms with van der Waals surface area (Å²) in [5.41, 5.74) is 0.789. The summed E-state index contributed by atoms with van der Waals surface area (Å²) in [5, 5.41) is 2.74. The molecule has 162 valence electrons. The zero-order valence-electron chi connectivity index (χ0n) is 16.9. The van der Waals surface area contributed by atoms with Crippen molar-refractivity contribution in [2.75, 3.05) is 30.4 Å². The lowest BCUT2D eigenvalue weighted by atomic mass is 10.3. The van der Waals surface area contributed by atoms with E-state index in [-0.39, 0.29) is 10.6 Å². The Balaban J connectivity index is 2.00. The van der Waals surface area contributed by atoms with Crippen LogP contribution in [0.3, 0.4) is 0 Å². The van der Waals surface area contributed by atoms with Crippen LogP contribution in [0.2, 0.25) is 0 Å². The van der Waals surface area contributed by atoms with Gasteiger partial charge in [0.2, 0.25) is 5.91 Å². The highest BCUT2D eigenvalue weighted by molar-refractivity contribution is 9.10. The summed E-state index contributed by atoms with van der Waals surface area (Å²) in [4.78, 5) is 12.8. The molecule has 3 aromatic rings. The van der Waals surface area contributed by atoms with E-state index < -0.39 is 22.5 Å². The lowest BCUT2D eigenvalue weighted by Gasteiger charge is -2.25. The molecule has 9 heteroatoms. The number of nitrogens with one attached hydrogen (secondary N) is 1. The van der Waals surface area contributed by atoms with Gasteiger partial charge in [0.1, 0.15) is 18.0 Å². The average molecular weight is 505 g/mol. The summed E-state index contributed by atoms with van der Waals surface area (Å²) in [5.74, 6) is 0.345. The number of benzene rings is 3. The molecule has 7 nitrogen and oxygen atoms in total. The van der Waals surface area contributed by atoms with Crippen LogP contribution >= 0.6 is 15.9 Å². The predicted octanol–water partition coefficient (Wildman–Crippen LogP) is 4.30. The number of para-hydroxylation sites is 3. The first-order valence-electron chi connectivity index (χ1n) is 9.21. The van der Waals surface area contributed by atoms with Gasteiger partial charge in [0.05, 0.1) is 30.5 Å². The smallest absolute Gasteiger partial charge is 0.264 e. The van der Waals surface area contributed by atoms with Crippen molar-refractivity contribution in [2.45, 2.75) is 4.90 Å². The maximum atomic E-state index is 13.5. The van der Waals surface area contributed by atoms with Crippen molar-refractivity contribution in [2.24, 2.45) is 0 Å². The van der Waals surface area contributed by atoms with Crippen LogP contribution in [0.25, 0.3) is 0 Å². The summed E-state index contributed by atoms with van der Waals surface area (Å²) in [6, 6.07) is 19.7. The quantitative estimate of drug-likeness (QED) is 0.494. The van der Waals surface area contributed by atoms with E-state index in [0.29, 0.717) is 21.7 Å². The molecule has 0 aliphatic rings. The van der Waals surface area contributed by atoms with E-state index in [9.17, 15) is 13.2 Å². The van der Waals surface area contributed by atoms with Crippen molar-refractivity contribution in [1.29, 1.82) is 0 Å². The van der Waals surface area contributed by atoms with Gasteiger partial charge >= 0.3 is 0 Å². The summed E-state index contributed by atoms with van der Waals surface area (Å²) in [7, 11) is -1.14. The van der Waals surface area contributed by atoms with E-state index in [1.807, 2.05) is 6.07 Å². The second-order valence-electron chi connectivity index (χ2n) is 6.39. The van der Waals surface area contributed by atoms with E-state index in [1.54, 1.807) is 54.6 Å². The number of carbonyl (C=O) groups excluding carboxylic acids is 1. The lowest BCUT2D eigenvalue weighted by Crippen LogP contribution is -2.38. The molecule has 0 saturated carbocycles. The van der Waals surface area contributed by atoms with Gasteiger partial charge in [-0.3, -0.25) is 9.10 Å². The predicted molar refractivity (Wildman–Crippen MR) is 123 cm³/mol. The van der Waals surface area contributed by atoms with E-state index in [4.69, 9.17) is 9.47 Å². The monoisotopic (exact) mass is 504 g/mol. The number of hydrogen-bond donors (Lipinski definition) is 1. The Bertz CT molecular complexity index is 1170. The number of halogens is 1. The SMILES string of the molecule is COc1ccc(S(=O)(=O)N(CC(=O)Nc2ccccc2Br)c2ccccc2OC)cc1. The fraction of sp³-hybridized carbons (Fsp3) is 0.136. The first-order chi connectivity index (χ1) is 14.9. The molecule has 0 radical (unpaired) electrons. The zero-order valence-corrected chi connectivity index (χ0v) is 19.3. The van der Waals surface area contributed by atoms with Crippen molar-refractivity contribution in [3.05, 3.63) is 77.3 Å². The minimum atomic E-state index is -4.08. The number of methoxy groups -OCH3 is 2. The van der Waals surface area contributed by atoms with Crippen molar-refractivity contribution in [3.63, 3.8) is 0 Å². The lowest BCUT2D eigenvalue weighted by molar-refractivity contribution is -0.114. The molecule has 0 atom stereocenters. The third-order valence-electron chi connectivity index (χ3n) is 4.44. The van der Waals surface area contributed by atoms with Crippen LogP contribution in [0.4, 0.5) is 11.4 Å². The highest BCUT2D eigenvalue weighted by atomic mass is 79.9. The molecule has 1 amide bonds. The number of hydrogen-bond acceptors (Lipinski definition) is 5. The van der Waals surface area contributed by atoms with Crippen molar-refractivity contribution < 1.29 is 22.7 Å². The van der Waals surface area contributed by atoms with E-state index in [1.165, 1.54) is 26.4 Å². The normalized spacial score (nSPS) is 10.9. The van der Waals surface area contributed by atoms with Crippen LogP contribution in [0.15, 0.2) is 82.2 Å². The van der Waals surface area contributed by atoms with Gasteiger partial charge in [-0.2, -0.15) is 0 Å². The van der Waals surface area contributed by atoms with Gasteiger partial charge in [-0.1, -0.05) is 24.3 Å². The number of rotatable bonds is 8. The number of ether oxygens (including phenoxy) is 2. The number of anilines is 2. The summed E-state index contributed by atoms with van der Waals surface area (Å²) < 4.78 is 39.2. The van der Waals surface area contributed by atoms with Crippen LogP contribution in [0.1, 0.15) is 0 Å². The van der Waals surface area contributed by atoms with Gasteiger partial charge in [-0.15, -0.1) is 0 Å². The molecule has 0 aromatic heterocycles. The summed E-state index contributed by atoms with van der Waals surface area (Å²) in [6.07, 6.45) is 0. The van der Waals surface area contributed by atoms with Gasteiger partial charge in [0.25, 0.3) is 10.0 Å². The number of amides is 1. The highest BCUT2D eigenvalue weighted by Crippen LogP contribution is 2.32. The average Bonchev–Trinajstić information content (AvgIpc) is 2.79. The Kier molecular flexibility index (Phi) is 7.19. The molecule has 0 aliphatic heterocycles. The topological polar surface area (TPSA) is 84.9 Å². The van der Waals surface area contributed by atoms with Crippen molar-refractivity contribution in [3.8, 4) is 11.5 Å². The molecule has 3 aromatic carbocycles. The Morgan fingerprint density at radius 3 is 2.23 bits per heavy atom. The summed E-state index contributed by atoms with van der Waals surface area (Å²) >= 11 is 3.37. The first-order valence-corrected chi connectivity index (χ1v) is 11.4. The van der Waals surface area contributed by atoms with Crippen LogP contribution < -0.4 is 19.1 Å². The summed E-state index contributed by atoms with van der Waals surface area (Å²) in [6.45, 7) is -0.448. The van der Waals surface area contributed by atoms with Gasteiger partial charge in [0.15, 0.2) is 0 Å². The molecule has 0 saturated heterocycles. The number of nitrogens with zero attached hydrogens (tertiary/aromatic N) is 1. The van der Waals surface area contributed by atoms with Gasteiger partial charge in [0, 0.05) is 4.47 Å². The maximum absolute atomic E-state index is 13.5. The van der Waals surface area contributed by atoms with E-state index >= 15 is 0 Å². The molecule has 0 spiro atoms. The van der Waals surface area contributed by atoms with Crippen LogP contribution in [-0.2, 0) is 14.8 Å². The highest BCUT2D eigenvalue weighted by Gasteiger charge is 2.29. The van der Waals surface area contributed by atoms with Gasteiger partial charge in [-0.05, 0) is 64.5 Å². The second kappa shape index (κ2) is 9.84. The van der Waals surface area contributed by atoms with Crippen molar-refractivity contribution >= 4 is 43.2 Å². The molecule has 3 rings (SSSR count). The fourth-order valence-electron chi connectivity index (χ4n) is 2.89. The third-order valence-corrected chi connectivity index (χ3v) is 6.90. The minimum absolute atomic E-state index is 0.0212. The molecule has 1 N–H and O–H groups in total. The van der Waals surface area contributed by atoms with E-state index in [2.05, 4.69) is 21.2 Å². The van der Waals surface area contributed by atoms with Crippen LogP contribution in [-0.4, -0.2) is 35.1 Å². The van der Waals surface area contributed by atoms with Crippen LogP contribution in [0.5, 0.6) is 11.5 Å². The second-order valence-corrected chi connectivity index (χ2v) is 9.10. The third kappa shape index (κ3) is 5.18. The fourth-order valence-corrected chi connectivity index (χ4v) is 4.71. The Morgan fingerprint density at radius 1 is 0.935 bits per heavy atom. The molecular formula is C22H21BrN2O5S. The minimum Gasteiger partial charge on any atom is -0.497 e. The van der Waals surface area contributed by atoms with Gasteiger partial charge in [-0.25, -0.2) is 8.42 Å². The molecule has 0 heterocycles. The molecule has 31 heavy (non-hydrogen) atoms. The van der Waals surface area contributed by atoms with Gasteiger partial charge < -0.3 is 14.8 Å². The Morgan fingerprint density at radius 2 is 1.58 bits per heavy atom. The maximum Gasteiger partial charge on any atom is 0.264 e. The first kappa shape index (κ1) is 22.6. The number of sulfonamides is 1. The Hall–Kier alpha value is -3.04. The molecular weight excluding hydrogens is 484 g/mol. The van der Waals surface area contributed by atoms with Crippen LogP contribution in [0, 0.1) is 0 Å². The zero-order chi connectivity index (χ0) is 22.4.